The lowest BCUT2D eigenvalue weighted by molar-refractivity contribution is 0.263. The van der Waals surface area contributed by atoms with Crippen molar-refractivity contribution in [1.82, 2.24) is 20.1 Å². The molecule has 0 aliphatic rings. The minimum atomic E-state index is -0.0412. The number of hydrogen-bond donors (Lipinski definition) is 2. The molecule has 0 radical (unpaired) electrons. The van der Waals surface area contributed by atoms with Crippen molar-refractivity contribution in [3.63, 3.8) is 0 Å². The molecule has 6 heteroatoms. The van der Waals surface area contributed by atoms with Gasteiger partial charge in [0.05, 0.1) is 6.54 Å². The van der Waals surface area contributed by atoms with Crippen LogP contribution >= 0.6 is 12.2 Å². The van der Waals surface area contributed by atoms with Gasteiger partial charge in [0.25, 0.3) is 5.56 Å². The molecule has 0 spiro atoms. The fourth-order valence-corrected chi connectivity index (χ4v) is 3.49. The maximum Gasteiger partial charge on any atom is 0.253 e. The fraction of sp³-hybridized carbons (Fsp3) is 0.545. The molecule has 0 saturated heterocycles. The molecule has 0 bridgehead atoms. The van der Waals surface area contributed by atoms with Crippen molar-refractivity contribution in [3.8, 4) is 0 Å². The molecule has 154 valence electrons. The summed E-state index contributed by atoms with van der Waals surface area (Å²) in [6.45, 7) is 13.7. The molecule has 0 aliphatic heterocycles. The first-order chi connectivity index (χ1) is 13.5. The van der Waals surface area contributed by atoms with E-state index < -0.39 is 0 Å². The fourth-order valence-electron chi connectivity index (χ4n) is 3.23. The van der Waals surface area contributed by atoms with Crippen LogP contribution in [-0.4, -0.2) is 52.6 Å². The Morgan fingerprint density at radius 3 is 2.57 bits per heavy atom. The molecule has 1 aromatic carbocycles. The number of rotatable bonds is 10. The average molecular weight is 403 g/mol. The predicted octanol–water partition coefficient (Wildman–Crippen LogP) is 3.65. The number of thiocarbonyl (C=S) groups is 1. The Kier molecular flexibility index (Phi) is 8.93. The van der Waals surface area contributed by atoms with Crippen molar-refractivity contribution < 1.29 is 0 Å². The maximum atomic E-state index is 12.6. The van der Waals surface area contributed by atoms with E-state index in [1.807, 2.05) is 18.2 Å². The van der Waals surface area contributed by atoms with Crippen LogP contribution < -0.4 is 10.9 Å². The minimum absolute atomic E-state index is 0.0412. The van der Waals surface area contributed by atoms with Gasteiger partial charge in [-0.25, -0.2) is 0 Å². The van der Waals surface area contributed by atoms with Crippen LogP contribution in [0.1, 0.15) is 44.7 Å². The molecule has 0 aliphatic carbocycles. The Morgan fingerprint density at radius 1 is 1.14 bits per heavy atom. The Bertz CT molecular complexity index is 829. The molecule has 0 saturated carbocycles. The lowest BCUT2D eigenvalue weighted by Crippen LogP contribution is -2.44. The number of aromatic nitrogens is 1. The lowest BCUT2D eigenvalue weighted by atomic mass is 10.1. The average Bonchev–Trinajstić information content (AvgIpc) is 2.68. The van der Waals surface area contributed by atoms with Gasteiger partial charge >= 0.3 is 0 Å². The van der Waals surface area contributed by atoms with E-state index in [0.29, 0.717) is 6.54 Å². The second kappa shape index (κ2) is 11.2. The van der Waals surface area contributed by atoms with Gasteiger partial charge in [-0.15, -0.1) is 0 Å². The molecule has 2 aromatic rings. The Hall–Kier alpha value is -1.92. The molecule has 0 fully saturated rings. The van der Waals surface area contributed by atoms with E-state index in [0.717, 1.165) is 67.1 Å². The summed E-state index contributed by atoms with van der Waals surface area (Å²) in [6.07, 6.45) is 2.21. The standard InChI is InChI=1S/C22H34N4OS/c1-5-8-11-23-22(28)26(13-12-25(6-2)7-3)16-19-15-18-14-17(4)9-10-20(18)24-21(19)27/h9-10,14-15H,5-8,11-13,16H2,1-4H3,(H,23,28)(H,24,27). The van der Waals surface area contributed by atoms with Gasteiger partial charge in [-0.05, 0) is 62.2 Å². The van der Waals surface area contributed by atoms with Crippen molar-refractivity contribution in [2.45, 2.75) is 47.1 Å². The first-order valence-electron chi connectivity index (χ1n) is 10.4. The van der Waals surface area contributed by atoms with Gasteiger partial charge in [0, 0.05) is 30.7 Å². The number of aryl methyl sites for hydroxylation is 1. The number of unbranched alkanes of at least 4 members (excludes halogenated alkanes) is 1. The summed E-state index contributed by atoms with van der Waals surface area (Å²) >= 11 is 5.66. The Labute approximate surface area is 174 Å². The van der Waals surface area contributed by atoms with Crippen LogP contribution in [0.25, 0.3) is 10.9 Å². The summed E-state index contributed by atoms with van der Waals surface area (Å²) in [7, 11) is 0. The van der Waals surface area contributed by atoms with E-state index in [1.165, 1.54) is 5.56 Å². The van der Waals surface area contributed by atoms with Crippen LogP contribution in [0.2, 0.25) is 0 Å². The third kappa shape index (κ3) is 6.31. The normalized spacial score (nSPS) is 11.2. The summed E-state index contributed by atoms with van der Waals surface area (Å²) in [5.41, 5.74) is 2.76. The second-order valence-corrected chi connectivity index (χ2v) is 7.64. The van der Waals surface area contributed by atoms with Crippen LogP contribution in [-0.2, 0) is 6.54 Å². The molecular formula is C22H34N4OS. The third-order valence-corrected chi connectivity index (χ3v) is 5.51. The number of nitrogens with zero attached hydrogens (tertiary/aromatic N) is 2. The zero-order valence-corrected chi connectivity index (χ0v) is 18.5. The zero-order chi connectivity index (χ0) is 20.5. The van der Waals surface area contributed by atoms with Crippen molar-refractivity contribution in [2.75, 3.05) is 32.7 Å². The van der Waals surface area contributed by atoms with E-state index in [-0.39, 0.29) is 5.56 Å². The molecule has 28 heavy (non-hydrogen) atoms. The number of nitrogens with one attached hydrogen (secondary N) is 2. The maximum absolute atomic E-state index is 12.6. The van der Waals surface area contributed by atoms with E-state index in [9.17, 15) is 4.79 Å². The Morgan fingerprint density at radius 2 is 1.89 bits per heavy atom. The number of aromatic amines is 1. The molecule has 1 aromatic heterocycles. The largest absolute Gasteiger partial charge is 0.363 e. The van der Waals surface area contributed by atoms with Gasteiger partial charge in [0.2, 0.25) is 0 Å². The first-order valence-corrected chi connectivity index (χ1v) is 10.8. The van der Waals surface area contributed by atoms with E-state index in [2.05, 4.69) is 53.9 Å². The first kappa shape index (κ1) is 22.4. The quantitative estimate of drug-likeness (QED) is 0.469. The number of fused-ring (bicyclic) bond motifs is 1. The van der Waals surface area contributed by atoms with Crippen molar-refractivity contribution in [2.24, 2.45) is 0 Å². The topological polar surface area (TPSA) is 51.4 Å². The molecule has 0 unspecified atom stereocenters. The summed E-state index contributed by atoms with van der Waals surface area (Å²) in [5.74, 6) is 0. The highest BCUT2D eigenvalue weighted by atomic mass is 32.1. The predicted molar refractivity (Wildman–Crippen MR) is 123 cm³/mol. The number of H-pyrrole nitrogens is 1. The van der Waals surface area contributed by atoms with Crippen LogP contribution in [0.15, 0.2) is 29.1 Å². The molecule has 1 heterocycles. The summed E-state index contributed by atoms with van der Waals surface area (Å²) in [5, 5.41) is 5.14. The van der Waals surface area contributed by atoms with Crippen LogP contribution in [0, 0.1) is 6.92 Å². The number of pyridine rings is 1. The van der Waals surface area contributed by atoms with E-state index in [1.54, 1.807) is 0 Å². The van der Waals surface area contributed by atoms with Gasteiger partial charge in [-0.1, -0.05) is 38.8 Å². The lowest BCUT2D eigenvalue weighted by Gasteiger charge is -2.28. The van der Waals surface area contributed by atoms with Crippen LogP contribution in [0.4, 0.5) is 0 Å². The van der Waals surface area contributed by atoms with Gasteiger partial charge in [-0.3, -0.25) is 4.79 Å². The smallest absolute Gasteiger partial charge is 0.253 e. The van der Waals surface area contributed by atoms with E-state index in [4.69, 9.17) is 12.2 Å². The van der Waals surface area contributed by atoms with Crippen molar-refractivity contribution in [1.29, 1.82) is 0 Å². The Balaban J connectivity index is 2.22. The zero-order valence-electron chi connectivity index (χ0n) is 17.7. The molecule has 5 nitrogen and oxygen atoms in total. The summed E-state index contributed by atoms with van der Waals surface area (Å²) in [4.78, 5) is 20.1. The number of likely N-dealkylation sites (N-methyl/N-ethyl adjacent to an activating group) is 1. The molecule has 2 rings (SSSR count). The highest BCUT2D eigenvalue weighted by molar-refractivity contribution is 7.80. The van der Waals surface area contributed by atoms with Gasteiger partial charge in [-0.2, -0.15) is 0 Å². The van der Waals surface area contributed by atoms with Gasteiger partial charge in [0.1, 0.15) is 0 Å². The highest BCUT2D eigenvalue weighted by Gasteiger charge is 2.14. The minimum Gasteiger partial charge on any atom is -0.363 e. The monoisotopic (exact) mass is 402 g/mol. The van der Waals surface area contributed by atoms with Gasteiger partial charge < -0.3 is 20.1 Å². The summed E-state index contributed by atoms with van der Waals surface area (Å²) < 4.78 is 0. The molecule has 0 amide bonds. The van der Waals surface area contributed by atoms with Crippen LogP contribution in [0.3, 0.4) is 0 Å². The second-order valence-electron chi connectivity index (χ2n) is 7.25. The number of benzene rings is 1. The SMILES string of the molecule is CCCCNC(=S)N(CCN(CC)CC)Cc1cc2cc(C)ccc2[nH]c1=O. The summed E-state index contributed by atoms with van der Waals surface area (Å²) in [6, 6.07) is 8.08. The molecule has 0 atom stereocenters. The van der Waals surface area contributed by atoms with E-state index >= 15 is 0 Å². The van der Waals surface area contributed by atoms with Crippen molar-refractivity contribution in [3.05, 3.63) is 45.7 Å². The third-order valence-electron chi connectivity index (χ3n) is 5.11. The van der Waals surface area contributed by atoms with Gasteiger partial charge in [0.15, 0.2) is 5.11 Å². The molecule has 2 N–H and O–H groups in total. The molecular weight excluding hydrogens is 368 g/mol. The highest BCUT2D eigenvalue weighted by Crippen LogP contribution is 2.14. The van der Waals surface area contributed by atoms with Crippen molar-refractivity contribution >= 4 is 28.2 Å². The number of hydrogen-bond acceptors (Lipinski definition) is 3. The van der Waals surface area contributed by atoms with Crippen LogP contribution in [0.5, 0.6) is 0 Å².